The molecular weight excluding hydrogens is 440 g/mol. The van der Waals surface area contributed by atoms with Crippen molar-refractivity contribution < 1.29 is 17.6 Å². The first-order valence-corrected chi connectivity index (χ1v) is 12.4. The Balaban J connectivity index is 1.35. The van der Waals surface area contributed by atoms with Gasteiger partial charge in [-0.25, -0.2) is 13.4 Å². The molecule has 8 nitrogen and oxygen atoms in total. The molecule has 1 amide bonds. The first-order chi connectivity index (χ1) is 15.8. The lowest BCUT2D eigenvalue weighted by Crippen LogP contribution is -2.47. The lowest BCUT2D eigenvalue weighted by molar-refractivity contribution is -0.116. The molecule has 2 heterocycles. The van der Waals surface area contributed by atoms with E-state index in [1.165, 1.54) is 10.4 Å². The zero-order valence-electron chi connectivity index (χ0n) is 18.8. The molecule has 2 aromatic carbocycles. The first kappa shape index (κ1) is 23.2. The lowest BCUT2D eigenvalue weighted by Gasteiger charge is -2.31. The van der Waals surface area contributed by atoms with Crippen molar-refractivity contribution in [2.24, 2.45) is 0 Å². The number of amides is 1. The Kier molecular flexibility index (Phi) is 6.92. The van der Waals surface area contributed by atoms with Gasteiger partial charge in [0.25, 0.3) is 0 Å². The van der Waals surface area contributed by atoms with Crippen LogP contribution in [0.1, 0.15) is 17.9 Å². The maximum Gasteiger partial charge on any atom is 0.243 e. The number of carbonyl (C=O) groups excluding carboxylic acids is 1. The van der Waals surface area contributed by atoms with Crippen LogP contribution in [0.4, 0.5) is 5.69 Å². The summed E-state index contributed by atoms with van der Waals surface area (Å²) < 4.78 is 33.2. The average Bonchev–Trinajstić information content (AvgIpc) is 3.28. The number of carbonyl (C=O) groups is 1. The minimum absolute atomic E-state index is 0.170. The van der Waals surface area contributed by atoms with Gasteiger partial charge in [0.2, 0.25) is 15.9 Å². The molecule has 0 spiro atoms. The summed E-state index contributed by atoms with van der Waals surface area (Å²) in [6.07, 6.45) is 2.17. The van der Waals surface area contributed by atoms with Crippen molar-refractivity contribution in [1.82, 2.24) is 14.2 Å². The smallest absolute Gasteiger partial charge is 0.243 e. The number of sulfonamides is 1. The highest BCUT2D eigenvalue weighted by Gasteiger charge is 2.27. The molecule has 0 unspecified atom stereocenters. The molecular formula is C24H28N4O4S. The second-order valence-corrected chi connectivity index (χ2v) is 10.2. The third-order valence-corrected chi connectivity index (χ3v) is 7.57. The van der Waals surface area contributed by atoms with Crippen LogP contribution in [0.25, 0.3) is 11.3 Å². The van der Waals surface area contributed by atoms with E-state index in [0.29, 0.717) is 49.9 Å². The summed E-state index contributed by atoms with van der Waals surface area (Å²) in [5.74, 6) is 0.901. The fourth-order valence-corrected chi connectivity index (χ4v) is 5.10. The highest BCUT2D eigenvalue weighted by atomic mass is 32.2. The van der Waals surface area contributed by atoms with Gasteiger partial charge in [-0.3, -0.25) is 4.79 Å². The molecule has 1 aliphatic heterocycles. The summed E-state index contributed by atoms with van der Waals surface area (Å²) in [6.45, 7) is 4.32. The minimum Gasteiger partial charge on any atom is -0.441 e. The van der Waals surface area contributed by atoms with Crippen LogP contribution in [-0.2, 0) is 21.2 Å². The molecule has 9 heteroatoms. The number of hydrogen-bond acceptors (Lipinski definition) is 6. The standard InChI is InChI=1S/C24H28N4O4S/c1-18-6-8-19(9-7-18)22-17-25-24(32-22)11-10-23(29)26-20-4-3-5-21(16-20)33(30,31)28-14-12-27(2)13-15-28/h3-9,16-17H,10-15H2,1-2H3,(H,26,29). The molecule has 3 aromatic rings. The zero-order chi connectivity index (χ0) is 23.4. The predicted octanol–water partition coefficient (Wildman–Crippen LogP) is 3.16. The second-order valence-electron chi connectivity index (χ2n) is 8.27. The van der Waals surface area contributed by atoms with E-state index in [2.05, 4.69) is 15.2 Å². The molecule has 1 saturated heterocycles. The zero-order valence-corrected chi connectivity index (χ0v) is 19.6. The fourth-order valence-electron chi connectivity index (χ4n) is 3.63. The third-order valence-electron chi connectivity index (χ3n) is 5.67. The van der Waals surface area contributed by atoms with Gasteiger partial charge in [-0.2, -0.15) is 4.31 Å². The van der Waals surface area contributed by atoms with E-state index >= 15 is 0 Å². The molecule has 174 valence electrons. The number of nitrogens with zero attached hydrogens (tertiary/aromatic N) is 3. The van der Waals surface area contributed by atoms with Gasteiger partial charge in [0.05, 0.1) is 11.1 Å². The first-order valence-electron chi connectivity index (χ1n) is 10.9. The van der Waals surface area contributed by atoms with Crippen molar-refractivity contribution in [2.75, 3.05) is 38.5 Å². The summed E-state index contributed by atoms with van der Waals surface area (Å²) in [4.78, 5) is 19.0. The van der Waals surface area contributed by atoms with Crippen molar-refractivity contribution in [3.8, 4) is 11.3 Å². The average molecular weight is 469 g/mol. The number of benzene rings is 2. The summed E-state index contributed by atoms with van der Waals surface area (Å²) in [5, 5.41) is 2.78. The van der Waals surface area contributed by atoms with Crippen molar-refractivity contribution in [3.63, 3.8) is 0 Å². The second kappa shape index (κ2) is 9.86. The number of likely N-dealkylation sites (N-methyl/N-ethyl adjacent to an activating group) is 1. The number of rotatable bonds is 7. The highest BCUT2D eigenvalue weighted by molar-refractivity contribution is 7.89. The van der Waals surface area contributed by atoms with Gasteiger partial charge >= 0.3 is 0 Å². The summed E-state index contributed by atoms with van der Waals surface area (Å²) >= 11 is 0. The Morgan fingerprint density at radius 1 is 1.09 bits per heavy atom. The van der Waals surface area contributed by atoms with E-state index in [4.69, 9.17) is 4.42 Å². The topological polar surface area (TPSA) is 95.7 Å². The molecule has 0 atom stereocenters. The number of piperazine rings is 1. The molecule has 33 heavy (non-hydrogen) atoms. The van der Waals surface area contributed by atoms with Gasteiger partial charge in [-0.15, -0.1) is 0 Å². The largest absolute Gasteiger partial charge is 0.441 e. The van der Waals surface area contributed by atoms with E-state index in [9.17, 15) is 13.2 Å². The molecule has 1 aromatic heterocycles. The van der Waals surface area contributed by atoms with Gasteiger partial charge in [0.1, 0.15) is 0 Å². The Morgan fingerprint density at radius 3 is 2.55 bits per heavy atom. The van der Waals surface area contributed by atoms with Crippen molar-refractivity contribution in [2.45, 2.75) is 24.7 Å². The fraction of sp³-hybridized carbons (Fsp3) is 0.333. The van der Waals surface area contributed by atoms with E-state index in [0.717, 1.165) is 11.1 Å². The maximum atomic E-state index is 13.0. The van der Waals surface area contributed by atoms with Gasteiger partial charge in [-0.1, -0.05) is 35.9 Å². The van der Waals surface area contributed by atoms with Crippen molar-refractivity contribution in [1.29, 1.82) is 0 Å². The lowest BCUT2D eigenvalue weighted by atomic mass is 10.1. The molecule has 4 rings (SSSR count). The van der Waals surface area contributed by atoms with Crippen molar-refractivity contribution in [3.05, 3.63) is 66.2 Å². The van der Waals surface area contributed by atoms with Crippen LogP contribution >= 0.6 is 0 Å². The monoisotopic (exact) mass is 468 g/mol. The summed E-state index contributed by atoms with van der Waals surface area (Å²) in [6, 6.07) is 14.3. The summed E-state index contributed by atoms with van der Waals surface area (Å²) in [5.41, 5.74) is 2.54. The number of oxazole rings is 1. The molecule has 1 aliphatic rings. The van der Waals surface area contributed by atoms with E-state index < -0.39 is 10.0 Å². The third kappa shape index (κ3) is 5.68. The van der Waals surface area contributed by atoms with Crippen molar-refractivity contribution >= 4 is 21.6 Å². The van der Waals surface area contributed by atoms with Crippen LogP contribution in [0, 0.1) is 6.92 Å². The minimum atomic E-state index is -3.60. The van der Waals surface area contributed by atoms with Crippen LogP contribution in [0.5, 0.6) is 0 Å². The highest BCUT2D eigenvalue weighted by Crippen LogP contribution is 2.23. The SMILES string of the molecule is Cc1ccc(-c2cnc(CCC(=O)Nc3cccc(S(=O)(=O)N4CCN(C)CC4)c3)o2)cc1. The van der Waals surface area contributed by atoms with Crippen LogP contribution in [0.2, 0.25) is 0 Å². The van der Waals surface area contributed by atoms with Crippen LogP contribution in [-0.4, -0.2) is 61.7 Å². The Labute approximate surface area is 194 Å². The van der Waals surface area contributed by atoms with Gasteiger partial charge in [0.15, 0.2) is 11.7 Å². The predicted molar refractivity (Wildman–Crippen MR) is 126 cm³/mol. The Bertz CT molecular complexity index is 1210. The van der Waals surface area contributed by atoms with E-state index in [-0.39, 0.29) is 17.2 Å². The molecule has 0 bridgehead atoms. The normalized spacial score (nSPS) is 15.5. The molecule has 1 N–H and O–H groups in total. The number of anilines is 1. The number of aromatic nitrogens is 1. The summed E-state index contributed by atoms with van der Waals surface area (Å²) in [7, 11) is -1.62. The van der Waals surface area contributed by atoms with Crippen LogP contribution < -0.4 is 5.32 Å². The quantitative estimate of drug-likeness (QED) is 0.572. The molecule has 0 radical (unpaired) electrons. The maximum absolute atomic E-state index is 13.0. The van der Waals surface area contributed by atoms with Gasteiger partial charge in [0, 0.05) is 50.3 Å². The molecule has 1 fully saturated rings. The van der Waals surface area contributed by atoms with E-state index in [1.807, 2.05) is 38.2 Å². The number of hydrogen-bond donors (Lipinski definition) is 1. The Hall–Kier alpha value is -3.01. The van der Waals surface area contributed by atoms with Crippen LogP contribution in [0.15, 0.2) is 64.0 Å². The van der Waals surface area contributed by atoms with E-state index in [1.54, 1.807) is 24.4 Å². The molecule has 0 saturated carbocycles. The van der Waals surface area contributed by atoms with Gasteiger partial charge in [-0.05, 0) is 32.2 Å². The molecule has 0 aliphatic carbocycles. The number of aryl methyl sites for hydroxylation is 2. The van der Waals surface area contributed by atoms with Crippen LogP contribution in [0.3, 0.4) is 0 Å². The Morgan fingerprint density at radius 2 is 1.82 bits per heavy atom. The van der Waals surface area contributed by atoms with Gasteiger partial charge < -0.3 is 14.6 Å². The number of nitrogens with one attached hydrogen (secondary N) is 1.